The molecular formula is C20H18O2. The molecule has 1 N–H and O–H groups in total. The van der Waals surface area contributed by atoms with Crippen molar-refractivity contribution in [2.45, 2.75) is 0 Å². The van der Waals surface area contributed by atoms with Gasteiger partial charge in [0.05, 0.1) is 0 Å². The van der Waals surface area contributed by atoms with E-state index in [1.807, 2.05) is 85.0 Å². The van der Waals surface area contributed by atoms with Gasteiger partial charge < -0.3 is 5.11 Å². The molecule has 0 atom stereocenters. The van der Waals surface area contributed by atoms with Gasteiger partial charge in [0.2, 0.25) is 0 Å². The highest BCUT2D eigenvalue weighted by atomic mass is 16.4. The molecule has 2 nitrogen and oxygen atoms in total. The van der Waals surface area contributed by atoms with Gasteiger partial charge in [-0.3, -0.25) is 0 Å². The number of aliphatic carboxylic acids is 1. The van der Waals surface area contributed by atoms with Crippen LogP contribution in [0.15, 0.2) is 85.0 Å². The van der Waals surface area contributed by atoms with E-state index in [0.717, 1.165) is 11.1 Å². The summed E-state index contributed by atoms with van der Waals surface area (Å²) in [5.41, 5.74) is 2.21. The molecule has 2 aromatic rings. The summed E-state index contributed by atoms with van der Waals surface area (Å²) in [4.78, 5) is 11.2. The van der Waals surface area contributed by atoms with Crippen molar-refractivity contribution in [3.63, 3.8) is 0 Å². The molecule has 0 saturated heterocycles. The summed E-state index contributed by atoms with van der Waals surface area (Å²) in [5.74, 6) is -1.33. The van der Waals surface area contributed by atoms with Crippen molar-refractivity contribution in [1.82, 2.24) is 0 Å². The molecule has 110 valence electrons. The molecule has 0 bridgehead atoms. The van der Waals surface area contributed by atoms with E-state index in [1.165, 1.54) is 0 Å². The average Bonchev–Trinajstić information content (AvgIpc) is 2.56. The summed E-state index contributed by atoms with van der Waals surface area (Å²) >= 11 is 0. The second-order valence-electron chi connectivity index (χ2n) is 4.90. The number of hydrogen-bond donors (Lipinski definition) is 1. The van der Waals surface area contributed by atoms with Gasteiger partial charge in [0.15, 0.2) is 0 Å². The van der Waals surface area contributed by atoms with Crippen LogP contribution in [0.25, 0.3) is 12.2 Å². The third-order valence-electron chi connectivity index (χ3n) is 3.27. The predicted molar refractivity (Wildman–Crippen MR) is 91.2 cm³/mol. The first kappa shape index (κ1) is 15.5. The maximum absolute atomic E-state index is 11.2. The Balaban J connectivity index is 2.20. The molecule has 2 heteroatoms. The second-order valence-corrected chi connectivity index (χ2v) is 4.90. The maximum atomic E-state index is 11.2. The maximum Gasteiger partial charge on any atom is 0.331 e. The Morgan fingerprint density at radius 2 is 1.27 bits per heavy atom. The molecule has 0 amide bonds. The summed E-state index contributed by atoms with van der Waals surface area (Å²) in [6, 6.07) is 19.6. The number of carbonyl (C=O) groups is 1. The molecule has 0 aromatic heterocycles. The molecular weight excluding hydrogens is 272 g/mol. The molecule has 0 heterocycles. The Morgan fingerprint density at radius 1 is 0.864 bits per heavy atom. The summed E-state index contributed by atoms with van der Waals surface area (Å²) in [5, 5.41) is 9.18. The summed E-state index contributed by atoms with van der Waals surface area (Å²) < 4.78 is 0. The van der Waals surface area contributed by atoms with Gasteiger partial charge in [0.1, 0.15) is 0 Å². The summed E-state index contributed by atoms with van der Waals surface area (Å²) in [6.45, 7) is 3.68. The lowest BCUT2D eigenvalue weighted by Gasteiger charge is -2.07. The minimum atomic E-state index is -0.986. The quantitative estimate of drug-likeness (QED) is 0.785. The number of rotatable bonds is 6. The molecule has 2 rings (SSSR count). The molecule has 0 aliphatic heterocycles. The minimum absolute atomic E-state index is 0.152. The van der Waals surface area contributed by atoms with E-state index in [0.29, 0.717) is 0 Å². The fourth-order valence-corrected chi connectivity index (χ4v) is 2.00. The molecule has 0 aliphatic rings. The molecule has 22 heavy (non-hydrogen) atoms. The van der Waals surface area contributed by atoms with Crippen LogP contribution in [0.2, 0.25) is 0 Å². The van der Waals surface area contributed by atoms with Gasteiger partial charge in [-0.15, -0.1) is 0 Å². The highest BCUT2D eigenvalue weighted by Gasteiger charge is 2.12. The Labute approximate surface area is 130 Å². The fourth-order valence-electron chi connectivity index (χ4n) is 2.00. The van der Waals surface area contributed by atoms with Gasteiger partial charge in [-0.25, -0.2) is 4.79 Å². The van der Waals surface area contributed by atoms with Crippen LogP contribution >= 0.6 is 0 Å². The molecule has 2 aromatic carbocycles. The van der Waals surface area contributed by atoms with Crippen LogP contribution in [0.3, 0.4) is 0 Å². The average molecular weight is 290 g/mol. The van der Waals surface area contributed by atoms with E-state index < -0.39 is 5.97 Å². The van der Waals surface area contributed by atoms with E-state index in [-0.39, 0.29) is 11.5 Å². The van der Waals surface area contributed by atoms with Crippen LogP contribution in [0, 0.1) is 5.92 Å². The Morgan fingerprint density at radius 3 is 1.64 bits per heavy atom. The first-order valence-corrected chi connectivity index (χ1v) is 7.05. The normalized spacial score (nSPS) is 12.5. The fraction of sp³-hybridized carbons (Fsp3) is 0.0500. The van der Waals surface area contributed by atoms with Crippen LogP contribution in [-0.2, 0) is 4.79 Å². The lowest BCUT2D eigenvalue weighted by molar-refractivity contribution is -0.132. The third-order valence-corrected chi connectivity index (χ3v) is 3.27. The van der Waals surface area contributed by atoms with Crippen molar-refractivity contribution in [3.05, 3.63) is 96.1 Å². The largest absolute Gasteiger partial charge is 0.478 e. The monoisotopic (exact) mass is 290 g/mol. The highest BCUT2D eigenvalue weighted by Crippen LogP contribution is 2.17. The van der Waals surface area contributed by atoms with Crippen molar-refractivity contribution in [2.24, 2.45) is 5.92 Å². The first-order chi connectivity index (χ1) is 10.7. The van der Waals surface area contributed by atoms with E-state index in [4.69, 9.17) is 0 Å². The zero-order valence-corrected chi connectivity index (χ0v) is 12.2. The second kappa shape index (κ2) is 7.79. The Kier molecular flexibility index (Phi) is 5.50. The van der Waals surface area contributed by atoms with Crippen LogP contribution in [0.4, 0.5) is 0 Å². The number of benzene rings is 2. The van der Waals surface area contributed by atoms with Crippen molar-refractivity contribution in [1.29, 1.82) is 0 Å². The van der Waals surface area contributed by atoms with Gasteiger partial charge in [-0.05, 0) is 11.1 Å². The van der Waals surface area contributed by atoms with Gasteiger partial charge in [-0.1, -0.05) is 91.5 Å². The van der Waals surface area contributed by atoms with Gasteiger partial charge in [0.25, 0.3) is 0 Å². The summed E-state index contributed by atoms with van der Waals surface area (Å²) in [6.07, 6.45) is 7.53. The van der Waals surface area contributed by atoms with E-state index in [1.54, 1.807) is 0 Å². The number of hydrogen-bond acceptors (Lipinski definition) is 1. The topological polar surface area (TPSA) is 37.3 Å². The van der Waals surface area contributed by atoms with Crippen molar-refractivity contribution in [2.75, 3.05) is 0 Å². The van der Waals surface area contributed by atoms with Gasteiger partial charge >= 0.3 is 5.97 Å². The SMILES string of the molecule is C=C(C(=O)O)C(C=Cc1ccccc1)C=Cc1ccccc1. The first-order valence-electron chi connectivity index (χ1n) is 7.05. The minimum Gasteiger partial charge on any atom is -0.478 e. The molecule has 0 unspecified atom stereocenters. The smallest absolute Gasteiger partial charge is 0.331 e. The standard InChI is InChI=1S/C20H18O2/c1-16(20(21)22)19(14-12-17-8-4-2-5-9-17)15-13-18-10-6-3-7-11-18/h2-15,19H,1H2,(H,21,22). The van der Waals surface area contributed by atoms with Crippen molar-refractivity contribution in [3.8, 4) is 0 Å². The van der Waals surface area contributed by atoms with Crippen molar-refractivity contribution >= 4 is 18.1 Å². The zero-order valence-electron chi connectivity index (χ0n) is 12.2. The van der Waals surface area contributed by atoms with E-state index in [2.05, 4.69) is 6.58 Å². The third kappa shape index (κ3) is 4.60. The molecule has 0 spiro atoms. The van der Waals surface area contributed by atoms with E-state index >= 15 is 0 Å². The predicted octanol–water partition coefficient (Wildman–Crippen LogP) is 4.67. The van der Waals surface area contributed by atoms with Crippen LogP contribution in [0.5, 0.6) is 0 Å². The number of carboxylic acids is 1. The number of carboxylic acid groups (broad SMARTS) is 1. The Hall–Kier alpha value is -2.87. The lowest BCUT2D eigenvalue weighted by Crippen LogP contribution is -2.07. The van der Waals surface area contributed by atoms with Crippen LogP contribution in [0.1, 0.15) is 11.1 Å². The van der Waals surface area contributed by atoms with Crippen LogP contribution < -0.4 is 0 Å². The molecule has 0 radical (unpaired) electrons. The summed E-state index contributed by atoms with van der Waals surface area (Å²) in [7, 11) is 0. The van der Waals surface area contributed by atoms with Gasteiger partial charge in [0, 0.05) is 11.5 Å². The van der Waals surface area contributed by atoms with Crippen LogP contribution in [-0.4, -0.2) is 11.1 Å². The lowest BCUT2D eigenvalue weighted by atomic mass is 9.97. The molecule has 0 saturated carbocycles. The number of allylic oxidation sites excluding steroid dienone is 2. The highest BCUT2D eigenvalue weighted by molar-refractivity contribution is 5.87. The Bertz CT molecular complexity index is 633. The molecule has 0 aliphatic carbocycles. The molecule has 0 fully saturated rings. The zero-order chi connectivity index (χ0) is 15.8. The van der Waals surface area contributed by atoms with E-state index in [9.17, 15) is 9.90 Å². The van der Waals surface area contributed by atoms with Gasteiger partial charge in [-0.2, -0.15) is 0 Å². The van der Waals surface area contributed by atoms with Crippen molar-refractivity contribution < 1.29 is 9.90 Å².